The van der Waals surface area contributed by atoms with Crippen molar-refractivity contribution in [3.05, 3.63) is 75.2 Å². The number of esters is 1. The number of pyridine rings is 1. The van der Waals surface area contributed by atoms with Gasteiger partial charge in [-0.15, -0.1) is 0 Å². The second-order valence-electron chi connectivity index (χ2n) is 8.25. The summed E-state index contributed by atoms with van der Waals surface area (Å²) < 4.78 is 22.9. The Labute approximate surface area is 202 Å². The lowest BCUT2D eigenvalue weighted by molar-refractivity contribution is -0.140. The SMILES string of the molecule is COC(=O)C[C@H](c1cc(OC)c2c(c1)OCO2)c1c(O)cc(C)n(CCc2ccc(O)cc2)c1=O. The van der Waals surface area contributed by atoms with Gasteiger partial charge in [0.05, 0.1) is 26.2 Å². The maximum atomic E-state index is 13.7. The van der Waals surface area contributed by atoms with Crippen LogP contribution in [-0.2, 0) is 22.5 Å². The second kappa shape index (κ2) is 10.0. The molecule has 35 heavy (non-hydrogen) atoms. The maximum Gasteiger partial charge on any atom is 0.306 e. The van der Waals surface area contributed by atoms with E-state index in [0.717, 1.165) is 5.56 Å². The van der Waals surface area contributed by atoms with Gasteiger partial charge in [-0.3, -0.25) is 9.59 Å². The fourth-order valence-corrected chi connectivity index (χ4v) is 4.27. The number of aromatic nitrogens is 1. The number of hydrogen-bond donors (Lipinski definition) is 2. The largest absolute Gasteiger partial charge is 0.508 e. The molecule has 184 valence electrons. The molecule has 0 radical (unpaired) electrons. The highest BCUT2D eigenvalue weighted by molar-refractivity contribution is 5.72. The predicted octanol–water partition coefficient (Wildman–Crippen LogP) is 3.24. The van der Waals surface area contributed by atoms with Crippen LogP contribution in [0.3, 0.4) is 0 Å². The molecule has 0 aliphatic carbocycles. The number of aromatic hydroxyl groups is 2. The molecule has 4 rings (SSSR count). The summed E-state index contributed by atoms with van der Waals surface area (Å²) in [6.07, 6.45) is 0.355. The van der Waals surface area contributed by atoms with Crippen molar-refractivity contribution < 1.29 is 34.0 Å². The molecular weight excluding hydrogens is 454 g/mol. The molecule has 0 unspecified atom stereocenters. The number of ether oxygens (including phenoxy) is 4. The van der Waals surface area contributed by atoms with E-state index in [4.69, 9.17) is 18.9 Å². The highest BCUT2D eigenvalue weighted by Gasteiger charge is 2.30. The molecule has 1 aliphatic rings. The van der Waals surface area contributed by atoms with Gasteiger partial charge < -0.3 is 33.7 Å². The molecule has 1 aromatic heterocycles. The Morgan fingerprint density at radius 1 is 1.11 bits per heavy atom. The number of aryl methyl sites for hydroxylation is 2. The minimum Gasteiger partial charge on any atom is -0.508 e. The molecule has 2 N–H and O–H groups in total. The van der Waals surface area contributed by atoms with Gasteiger partial charge in [-0.2, -0.15) is 0 Å². The van der Waals surface area contributed by atoms with Gasteiger partial charge in [-0.1, -0.05) is 12.1 Å². The van der Waals surface area contributed by atoms with E-state index >= 15 is 0 Å². The fourth-order valence-electron chi connectivity index (χ4n) is 4.27. The average molecular weight is 482 g/mol. The first-order valence-electron chi connectivity index (χ1n) is 11.1. The lowest BCUT2D eigenvalue weighted by atomic mass is 9.87. The smallest absolute Gasteiger partial charge is 0.306 e. The summed E-state index contributed by atoms with van der Waals surface area (Å²) in [5, 5.41) is 20.4. The van der Waals surface area contributed by atoms with Crippen molar-refractivity contribution in [1.29, 1.82) is 0 Å². The third-order valence-electron chi connectivity index (χ3n) is 6.11. The van der Waals surface area contributed by atoms with Crippen molar-refractivity contribution in [2.75, 3.05) is 21.0 Å². The zero-order chi connectivity index (χ0) is 25.1. The average Bonchev–Trinajstić information content (AvgIpc) is 3.32. The molecule has 1 atom stereocenters. The van der Waals surface area contributed by atoms with Crippen molar-refractivity contribution in [1.82, 2.24) is 4.57 Å². The molecule has 0 saturated heterocycles. The van der Waals surface area contributed by atoms with E-state index in [1.54, 1.807) is 47.9 Å². The van der Waals surface area contributed by atoms with Gasteiger partial charge in [0.2, 0.25) is 12.5 Å². The summed E-state index contributed by atoms with van der Waals surface area (Å²) >= 11 is 0. The Balaban J connectivity index is 1.79. The van der Waals surface area contributed by atoms with Gasteiger partial charge in [0.15, 0.2) is 11.5 Å². The summed E-state index contributed by atoms with van der Waals surface area (Å²) in [5.74, 6) is -0.150. The quantitative estimate of drug-likeness (QED) is 0.471. The van der Waals surface area contributed by atoms with Gasteiger partial charge in [-0.25, -0.2) is 0 Å². The number of fused-ring (bicyclic) bond motifs is 1. The van der Waals surface area contributed by atoms with Crippen LogP contribution in [-0.4, -0.2) is 41.8 Å². The molecule has 3 aromatic rings. The van der Waals surface area contributed by atoms with Crippen LogP contribution in [0.5, 0.6) is 28.7 Å². The first-order valence-corrected chi connectivity index (χ1v) is 11.1. The van der Waals surface area contributed by atoms with Crippen molar-refractivity contribution >= 4 is 5.97 Å². The summed E-state index contributed by atoms with van der Waals surface area (Å²) in [7, 11) is 2.75. The van der Waals surface area contributed by atoms with Crippen molar-refractivity contribution in [2.45, 2.75) is 32.2 Å². The van der Waals surface area contributed by atoms with Crippen molar-refractivity contribution in [3.8, 4) is 28.7 Å². The molecule has 9 heteroatoms. The van der Waals surface area contributed by atoms with Crippen LogP contribution in [0.25, 0.3) is 0 Å². The highest BCUT2D eigenvalue weighted by atomic mass is 16.7. The molecule has 2 aromatic carbocycles. The summed E-state index contributed by atoms with van der Waals surface area (Å²) in [6, 6.07) is 11.6. The molecule has 9 nitrogen and oxygen atoms in total. The van der Waals surface area contributed by atoms with Crippen LogP contribution in [0.2, 0.25) is 0 Å². The molecule has 2 heterocycles. The van der Waals surface area contributed by atoms with Gasteiger partial charge in [0.1, 0.15) is 11.5 Å². The number of nitrogens with zero attached hydrogens (tertiary/aromatic N) is 1. The third kappa shape index (κ3) is 4.89. The van der Waals surface area contributed by atoms with Crippen LogP contribution in [0.4, 0.5) is 0 Å². The van der Waals surface area contributed by atoms with E-state index in [-0.39, 0.29) is 30.3 Å². The van der Waals surface area contributed by atoms with Gasteiger partial charge in [-0.05, 0) is 54.8 Å². The molecule has 0 spiro atoms. The van der Waals surface area contributed by atoms with Gasteiger partial charge in [0.25, 0.3) is 5.56 Å². The monoisotopic (exact) mass is 481 g/mol. The molecular formula is C26H27NO8. The first-order chi connectivity index (χ1) is 16.8. The number of carbonyl (C=O) groups is 1. The Kier molecular flexibility index (Phi) is 6.86. The van der Waals surface area contributed by atoms with Crippen molar-refractivity contribution in [3.63, 3.8) is 0 Å². The Morgan fingerprint density at radius 3 is 2.54 bits per heavy atom. The lowest BCUT2D eigenvalue weighted by Gasteiger charge is -2.21. The van der Waals surface area contributed by atoms with E-state index in [9.17, 15) is 19.8 Å². The molecule has 0 bridgehead atoms. The zero-order valence-electron chi connectivity index (χ0n) is 19.7. The minimum absolute atomic E-state index is 0.0245. The number of hydrogen-bond acceptors (Lipinski definition) is 8. The van der Waals surface area contributed by atoms with Crippen molar-refractivity contribution in [2.24, 2.45) is 0 Å². The van der Waals surface area contributed by atoms with Gasteiger partial charge >= 0.3 is 5.97 Å². The first kappa shape index (κ1) is 24.0. The Morgan fingerprint density at radius 2 is 1.86 bits per heavy atom. The van der Waals surface area contributed by atoms with Gasteiger partial charge in [0, 0.05) is 18.2 Å². The van der Waals surface area contributed by atoms with Crippen LogP contribution in [0, 0.1) is 6.92 Å². The number of benzene rings is 2. The number of phenols is 1. The molecule has 0 fully saturated rings. The molecule has 0 amide bonds. The zero-order valence-corrected chi connectivity index (χ0v) is 19.7. The number of rotatable bonds is 8. The lowest BCUT2D eigenvalue weighted by Crippen LogP contribution is -2.29. The van der Waals surface area contributed by atoms with Crippen LogP contribution >= 0.6 is 0 Å². The molecule has 0 saturated carbocycles. The summed E-state index contributed by atoms with van der Waals surface area (Å²) in [6.45, 7) is 2.11. The highest BCUT2D eigenvalue weighted by Crippen LogP contribution is 2.45. The van der Waals surface area contributed by atoms with E-state index in [0.29, 0.717) is 41.5 Å². The fraction of sp³-hybridized carbons (Fsp3) is 0.308. The predicted molar refractivity (Wildman–Crippen MR) is 127 cm³/mol. The number of carbonyl (C=O) groups excluding carboxylic acids is 1. The van der Waals surface area contributed by atoms with Crippen LogP contribution < -0.4 is 19.8 Å². The second-order valence-corrected chi connectivity index (χ2v) is 8.25. The maximum absolute atomic E-state index is 13.7. The third-order valence-corrected chi connectivity index (χ3v) is 6.11. The number of phenolic OH excluding ortho intramolecular Hbond substituents is 1. The molecule has 1 aliphatic heterocycles. The van der Waals surface area contributed by atoms with E-state index in [2.05, 4.69) is 0 Å². The van der Waals surface area contributed by atoms with E-state index in [1.165, 1.54) is 20.3 Å². The van der Waals surface area contributed by atoms with E-state index < -0.39 is 17.4 Å². The Hall–Kier alpha value is -4.14. The topological polar surface area (TPSA) is 116 Å². The van der Waals surface area contributed by atoms with Crippen LogP contribution in [0.15, 0.2) is 47.3 Å². The summed E-state index contributed by atoms with van der Waals surface area (Å²) in [5.41, 5.74) is 1.72. The standard InChI is InChI=1S/C26H27NO8/c1-15-10-20(29)24(26(31)27(15)9-8-16-4-6-18(28)7-5-16)19(13-23(30)33-3)17-11-21(32-2)25-22(12-17)34-14-35-25/h4-7,10-12,19,28-29H,8-9,13-14H2,1-3H3/t19-/m1/s1. The summed E-state index contributed by atoms with van der Waals surface area (Å²) in [4.78, 5) is 26.0. The number of methoxy groups -OCH3 is 2. The minimum atomic E-state index is -0.820. The van der Waals surface area contributed by atoms with E-state index in [1.807, 2.05) is 0 Å². The van der Waals surface area contributed by atoms with Crippen LogP contribution in [0.1, 0.15) is 34.7 Å². The normalized spacial score (nSPS) is 12.9. The Bertz CT molecular complexity index is 1300.